The van der Waals surface area contributed by atoms with Gasteiger partial charge < -0.3 is 5.32 Å². The maximum Gasteiger partial charge on any atom is 0.0733 e. The smallest absolute Gasteiger partial charge is 0.0733 e. The van der Waals surface area contributed by atoms with Crippen LogP contribution in [0, 0.1) is 12.5 Å². The molecule has 0 saturated carbocycles. The molecule has 0 aromatic rings. The Morgan fingerprint density at radius 1 is 1.45 bits per heavy atom. The van der Waals surface area contributed by atoms with Crippen molar-refractivity contribution in [2.45, 2.75) is 12.8 Å². The van der Waals surface area contributed by atoms with Gasteiger partial charge in [0.25, 0.3) is 0 Å². The molecule has 3 heteroatoms. The lowest BCUT2D eigenvalue weighted by Crippen LogP contribution is -2.06. The maximum atomic E-state index is 5.05. The van der Waals surface area contributed by atoms with Gasteiger partial charge in [0, 0.05) is 12.3 Å². The van der Waals surface area contributed by atoms with Gasteiger partial charge in [-0.1, -0.05) is 12.5 Å². The molecule has 3 nitrogen and oxygen atoms in total. The molecule has 0 bridgehead atoms. The minimum absolute atomic E-state index is 0.837. The fraction of sp³-hybridized carbons (Fsp3) is 0.250. The number of nitrogens with one attached hydrogen (secondary N) is 1. The van der Waals surface area contributed by atoms with E-state index in [1.165, 1.54) is 0 Å². The Morgan fingerprint density at radius 2 is 2.36 bits per heavy atom. The lowest BCUT2D eigenvalue weighted by atomic mass is 10.3. The summed E-state index contributed by atoms with van der Waals surface area (Å²) < 4.78 is 0. The van der Waals surface area contributed by atoms with E-state index in [1.54, 1.807) is 12.4 Å². The minimum atomic E-state index is 0.837. The van der Waals surface area contributed by atoms with E-state index in [0.717, 1.165) is 18.5 Å². The van der Waals surface area contributed by atoms with Crippen LogP contribution in [0.25, 0.3) is 0 Å². The molecule has 0 aromatic heterocycles. The number of rotatable bonds is 1. The first kappa shape index (κ1) is 7.55. The molecule has 56 valence electrons. The summed E-state index contributed by atoms with van der Waals surface area (Å²) in [5.41, 5.74) is 0.837. The number of allylic oxidation sites excluding steroid dienone is 2. The molecule has 0 amide bonds. The fourth-order valence-electron chi connectivity index (χ4n) is 0.733. The second-order valence-corrected chi connectivity index (χ2v) is 2.05. The highest BCUT2D eigenvalue weighted by molar-refractivity contribution is 5.79. The Kier molecular flexibility index (Phi) is 2.94. The van der Waals surface area contributed by atoms with Gasteiger partial charge in [0.05, 0.1) is 11.9 Å². The third-order valence-electron chi connectivity index (χ3n) is 1.22. The molecule has 0 aromatic carbocycles. The summed E-state index contributed by atoms with van der Waals surface area (Å²) >= 11 is 0. The molecule has 1 rings (SSSR count). The summed E-state index contributed by atoms with van der Waals surface area (Å²) in [6.07, 6.45) is 12.3. The third-order valence-corrected chi connectivity index (χ3v) is 1.22. The van der Waals surface area contributed by atoms with Crippen molar-refractivity contribution in [3.05, 3.63) is 11.8 Å². The molecular weight excluding hydrogens is 138 g/mol. The summed E-state index contributed by atoms with van der Waals surface area (Å²) in [5.74, 6) is 0. The van der Waals surface area contributed by atoms with Crippen molar-refractivity contribution in [2.24, 2.45) is 10.2 Å². The van der Waals surface area contributed by atoms with E-state index in [1.807, 2.05) is 6.08 Å². The lowest BCUT2D eigenvalue weighted by Gasteiger charge is -1.98. The second-order valence-electron chi connectivity index (χ2n) is 2.05. The van der Waals surface area contributed by atoms with Crippen LogP contribution >= 0.6 is 0 Å². The van der Waals surface area contributed by atoms with Crippen molar-refractivity contribution in [2.75, 3.05) is 0 Å². The highest BCUT2D eigenvalue weighted by Crippen LogP contribution is 1.95. The highest BCUT2D eigenvalue weighted by atomic mass is 15.2. The van der Waals surface area contributed by atoms with E-state index in [0.29, 0.717) is 0 Å². The van der Waals surface area contributed by atoms with Crippen LogP contribution < -0.4 is 5.32 Å². The quantitative estimate of drug-likeness (QED) is 0.434. The van der Waals surface area contributed by atoms with E-state index in [4.69, 9.17) is 6.42 Å². The molecule has 0 radical (unpaired) electrons. The van der Waals surface area contributed by atoms with Gasteiger partial charge in [0.1, 0.15) is 0 Å². The van der Waals surface area contributed by atoms with E-state index >= 15 is 0 Å². The molecule has 0 spiro atoms. The van der Waals surface area contributed by atoms with Crippen LogP contribution in [0.2, 0.25) is 0 Å². The second kappa shape index (κ2) is 4.29. The maximum absolute atomic E-state index is 5.05. The summed E-state index contributed by atoms with van der Waals surface area (Å²) in [6, 6.07) is 2.32. The van der Waals surface area contributed by atoms with Crippen molar-refractivity contribution in [3.63, 3.8) is 0 Å². The zero-order valence-electron chi connectivity index (χ0n) is 6.12. The number of hydrogen-bond acceptors (Lipinski definition) is 3. The minimum Gasteiger partial charge on any atom is -0.314 e. The molecule has 1 heterocycles. The summed E-state index contributed by atoms with van der Waals surface area (Å²) in [5, 5.41) is 10.2. The van der Waals surface area contributed by atoms with Crippen LogP contribution in [-0.2, 0) is 0 Å². The largest absolute Gasteiger partial charge is 0.314 e. The Morgan fingerprint density at radius 3 is 3.18 bits per heavy atom. The van der Waals surface area contributed by atoms with Gasteiger partial charge in [-0.15, -0.1) is 0 Å². The van der Waals surface area contributed by atoms with Crippen LogP contribution in [0.1, 0.15) is 12.8 Å². The molecule has 11 heavy (non-hydrogen) atoms. The van der Waals surface area contributed by atoms with Crippen LogP contribution in [-0.4, -0.2) is 12.4 Å². The summed E-state index contributed by atoms with van der Waals surface area (Å²) in [7, 11) is 0. The van der Waals surface area contributed by atoms with Crippen molar-refractivity contribution in [3.8, 4) is 12.5 Å². The molecule has 0 fully saturated rings. The first-order chi connectivity index (χ1) is 5.43. The van der Waals surface area contributed by atoms with Gasteiger partial charge in [-0.3, -0.25) is 0 Å². The van der Waals surface area contributed by atoms with Crippen molar-refractivity contribution < 1.29 is 0 Å². The van der Waals surface area contributed by atoms with Gasteiger partial charge in [-0.25, -0.2) is 0 Å². The number of nitrogens with zero attached hydrogens (tertiary/aromatic N) is 2. The van der Waals surface area contributed by atoms with Gasteiger partial charge in [-0.2, -0.15) is 10.2 Å². The van der Waals surface area contributed by atoms with Crippen LogP contribution in [0.3, 0.4) is 0 Å². The Labute approximate surface area is 65.9 Å². The molecule has 0 aliphatic carbocycles. The topological polar surface area (TPSA) is 36.8 Å². The molecular formula is C8H9N3. The first-order valence-electron chi connectivity index (χ1n) is 3.40. The standard InChI is InChI=1S/C8H9N3/c1-2-9-8-5-3-4-6-10-11-7-8/h1,5-7,9H,3-4H2/b8-5?,10-6-,11-7-. The van der Waals surface area contributed by atoms with Crippen molar-refractivity contribution in [1.29, 1.82) is 0 Å². The lowest BCUT2D eigenvalue weighted by molar-refractivity contribution is 1.04. The zero-order chi connectivity index (χ0) is 7.94. The molecule has 1 N–H and O–H groups in total. The Balaban J connectivity index is 2.63. The highest BCUT2D eigenvalue weighted by Gasteiger charge is 1.90. The van der Waals surface area contributed by atoms with Crippen molar-refractivity contribution >= 4 is 12.4 Å². The van der Waals surface area contributed by atoms with E-state index in [-0.39, 0.29) is 0 Å². The van der Waals surface area contributed by atoms with Crippen molar-refractivity contribution in [1.82, 2.24) is 5.32 Å². The summed E-state index contributed by atoms with van der Waals surface area (Å²) in [4.78, 5) is 0. The van der Waals surface area contributed by atoms with E-state index < -0.39 is 0 Å². The molecule has 0 atom stereocenters. The third kappa shape index (κ3) is 2.67. The van der Waals surface area contributed by atoms with E-state index in [2.05, 4.69) is 21.6 Å². The molecule has 1 aliphatic heterocycles. The average Bonchev–Trinajstić information content (AvgIpc) is 1.94. The van der Waals surface area contributed by atoms with Crippen LogP contribution in [0.4, 0.5) is 0 Å². The number of terminal acetylenes is 1. The first-order valence-corrected chi connectivity index (χ1v) is 3.40. The molecule has 0 saturated heterocycles. The zero-order valence-corrected chi connectivity index (χ0v) is 6.12. The van der Waals surface area contributed by atoms with E-state index in [9.17, 15) is 0 Å². The predicted octanol–water partition coefficient (Wildman–Crippen LogP) is 0.901. The average molecular weight is 147 g/mol. The normalized spacial score (nSPS) is 21.9. The Bertz CT molecular complexity index is 243. The number of hydrogen-bond donors (Lipinski definition) is 1. The Hall–Kier alpha value is -1.56. The molecule has 1 aliphatic rings. The monoisotopic (exact) mass is 147 g/mol. The molecule has 0 unspecified atom stereocenters. The SMILES string of the molecule is C#CNC1=CCC/C=N\N=C/1. The van der Waals surface area contributed by atoms with Gasteiger partial charge in [-0.05, 0) is 12.8 Å². The van der Waals surface area contributed by atoms with Gasteiger partial charge >= 0.3 is 0 Å². The van der Waals surface area contributed by atoms with Crippen LogP contribution in [0.15, 0.2) is 22.0 Å². The van der Waals surface area contributed by atoms with Crippen LogP contribution in [0.5, 0.6) is 0 Å². The van der Waals surface area contributed by atoms with Gasteiger partial charge in [0.15, 0.2) is 0 Å². The van der Waals surface area contributed by atoms with Gasteiger partial charge in [0.2, 0.25) is 0 Å². The summed E-state index contributed by atoms with van der Waals surface area (Å²) in [6.45, 7) is 0. The fourth-order valence-corrected chi connectivity index (χ4v) is 0.733. The predicted molar refractivity (Wildman–Crippen MR) is 46.3 cm³/mol.